The molecule has 1 amide bonds. The van der Waals surface area contributed by atoms with Crippen LogP contribution in [0.25, 0.3) is 0 Å². The summed E-state index contributed by atoms with van der Waals surface area (Å²) in [5, 5.41) is 0. The van der Waals surface area contributed by atoms with Crippen molar-refractivity contribution in [3.8, 4) is 5.75 Å². The lowest BCUT2D eigenvalue weighted by Crippen LogP contribution is -2.43. The average Bonchev–Trinajstić information content (AvgIpc) is 2.61. The minimum absolute atomic E-state index is 0.00667. The highest BCUT2D eigenvalue weighted by Gasteiger charge is 2.27. The van der Waals surface area contributed by atoms with Crippen molar-refractivity contribution < 1.29 is 14.3 Å². The second-order valence-electron chi connectivity index (χ2n) is 5.96. The van der Waals surface area contributed by atoms with Crippen molar-refractivity contribution in [2.75, 3.05) is 26.8 Å². The maximum Gasteiger partial charge on any atom is 0.251 e. The number of nitrogens with zero attached hydrogens (tertiary/aromatic N) is 2. The number of morpholine rings is 1. The van der Waals surface area contributed by atoms with Crippen LogP contribution in [0.3, 0.4) is 0 Å². The molecular weight excluding hydrogens is 322 g/mol. The van der Waals surface area contributed by atoms with Crippen LogP contribution in [-0.2, 0) is 16.0 Å². The van der Waals surface area contributed by atoms with E-state index in [0.717, 1.165) is 5.56 Å². The summed E-state index contributed by atoms with van der Waals surface area (Å²) in [6.07, 6.45) is -0.169. The van der Waals surface area contributed by atoms with E-state index in [1.165, 1.54) is 6.07 Å². The van der Waals surface area contributed by atoms with E-state index in [1.54, 1.807) is 18.9 Å². The first-order valence-electron chi connectivity index (χ1n) is 8.16. The Morgan fingerprint density at radius 1 is 1.44 bits per heavy atom. The molecule has 25 heavy (non-hydrogen) atoms. The number of amides is 1. The van der Waals surface area contributed by atoms with Gasteiger partial charge in [0.15, 0.2) is 0 Å². The summed E-state index contributed by atoms with van der Waals surface area (Å²) < 4.78 is 11.0. The van der Waals surface area contributed by atoms with E-state index >= 15 is 0 Å². The topological polar surface area (TPSA) is 84.5 Å². The van der Waals surface area contributed by atoms with Crippen LogP contribution in [0.2, 0.25) is 0 Å². The second-order valence-corrected chi connectivity index (χ2v) is 5.96. The van der Waals surface area contributed by atoms with Gasteiger partial charge in [-0.1, -0.05) is 18.2 Å². The van der Waals surface area contributed by atoms with Gasteiger partial charge in [0.05, 0.1) is 26.7 Å². The molecular formula is C18H21N3O4. The standard InChI is InChI=1S/C18H21N3O4/c1-12-9-16(22)20-18(19-12)15-11-21(7-8-25-15)17(23)10-13-5-3-4-6-14(13)24-2/h3-6,9,15H,7-8,10-11H2,1-2H3,(H,19,20,22). The number of benzene rings is 1. The van der Waals surface area contributed by atoms with Gasteiger partial charge in [0.2, 0.25) is 5.91 Å². The van der Waals surface area contributed by atoms with E-state index in [2.05, 4.69) is 9.97 Å². The zero-order valence-electron chi connectivity index (χ0n) is 14.3. The SMILES string of the molecule is COc1ccccc1CC(=O)N1CCOC(c2nc(C)cc(=O)[nH]2)C1. The molecule has 1 aliphatic rings. The van der Waals surface area contributed by atoms with Crippen molar-refractivity contribution >= 4 is 5.91 Å². The van der Waals surface area contributed by atoms with Crippen molar-refractivity contribution in [1.29, 1.82) is 0 Å². The first-order chi connectivity index (χ1) is 12.1. The van der Waals surface area contributed by atoms with Gasteiger partial charge in [-0.15, -0.1) is 0 Å². The first kappa shape index (κ1) is 17.2. The summed E-state index contributed by atoms with van der Waals surface area (Å²) >= 11 is 0. The molecule has 1 saturated heterocycles. The maximum atomic E-state index is 12.7. The first-order valence-corrected chi connectivity index (χ1v) is 8.16. The third-order valence-electron chi connectivity index (χ3n) is 4.15. The molecule has 0 spiro atoms. The molecule has 1 aliphatic heterocycles. The van der Waals surface area contributed by atoms with Gasteiger partial charge in [0.25, 0.3) is 5.56 Å². The minimum atomic E-state index is -0.428. The Kier molecular flexibility index (Phi) is 5.14. The quantitative estimate of drug-likeness (QED) is 0.903. The second kappa shape index (κ2) is 7.48. The molecule has 0 radical (unpaired) electrons. The van der Waals surface area contributed by atoms with Gasteiger partial charge in [-0.25, -0.2) is 4.98 Å². The van der Waals surface area contributed by atoms with Crippen LogP contribution in [0.15, 0.2) is 35.1 Å². The molecule has 132 valence electrons. The summed E-state index contributed by atoms with van der Waals surface area (Å²) in [5.41, 5.74) is 1.25. The Balaban J connectivity index is 1.72. The van der Waals surface area contributed by atoms with Gasteiger partial charge in [-0.2, -0.15) is 0 Å². The molecule has 1 atom stereocenters. The van der Waals surface area contributed by atoms with Crippen LogP contribution >= 0.6 is 0 Å². The van der Waals surface area contributed by atoms with Gasteiger partial charge < -0.3 is 19.4 Å². The molecule has 7 heteroatoms. The van der Waals surface area contributed by atoms with Gasteiger partial charge >= 0.3 is 0 Å². The highest BCUT2D eigenvalue weighted by molar-refractivity contribution is 5.79. The van der Waals surface area contributed by atoms with Crippen molar-refractivity contribution in [3.63, 3.8) is 0 Å². The summed E-state index contributed by atoms with van der Waals surface area (Å²) in [6.45, 7) is 3.03. The molecule has 0 aliphatic carbocycles. The van der Waals surface area contributed by atoms with Crippen LogP contribution in [0.1, 0.15) is 23.2 Å². The van der Waals surface area contributed by atoms with E-state index < -0.39 is 6.10 Å². The number of aromatic nitrogens is 2. The monoisotopic (exact) mass is 343 g/mol. The van der Waals surface area contributed by atoms with Crippen LogP contribution in [0, 0.1) is 6.92 Å². The summed E-state index contributed by atoms with van der Waals surface area (Å²) in [7, 11) is 1.59. The van der Waals surface area contributed by atoms with Crippen LogP contribution < -0.4 is 10.3 Å². The summed E-state index contributed by atoms with van der Waals surface area (Å²) in [4.78, 5) is 33.1. The van der Waals surface area contributed by atoms with E-state index in [1.807, 2.05) is 24.3 Å². The summed E-state index contributed by atoms with van der Waals surface area (Å²) in [5.74, 6) is 1.15. The molecule has 1 fully saturated rings. The molecule has 1 aromatic carbocycles. The number of hydrogen-bond acceptors (Lipinski definition) is 5. The van der Waals surface area contributed by atoms with E-state index in [9.17, 15) is 9.59 Å². The van der Waals surface area contributed by atoms with Gasteiger partial charge in [-0.3, -0.25) is 9.59 Å². The lowest BCUT2D eigenvalue weighted by Gasteiger charge is -2.32. The van der Waals surface area contributed by atoms with Crippen molar-refractivity contribution in [1.82, 2.24) is 14.9 Å². The third kappa shape index (κ3) is 4.06. The fraction of sp³-hybridized carbons (Fsp3) is 0.389. The molecule has 0 bridgehead atoms. The van der Waals surface area contributed by atoms with Gasteiger partial charge in [0, 0.05) is 23.9 Å². The largest absolute Gasteiger partial charge is 0.496 e. The number of aromatic amines is 1. The molecule has 0 saturated carbocycles. The molecule has 2 aromatic rings. The molecule has 1 aromatic heterocycles. The summed E-state index contributed by atoms with van der Waals surface area (Å²) in [6, 6.07) is 8.91. The van der Waals surface area contributed by atoms with Crippen LogP contribution in [0.4, 0.5) is 0 Å². The Morgan fingerprint density at radius 2 is 2.24 bits per heavy atom. The van der Waals surface area contributed by atoms with Crippen molar-refractivity contribution in [2.24, 2.45) is 0 Å². The fourth-order valence-corrected chi connectivity index (χ4v) is 2.92. The zero-order valence-corrected chi connectivity index (χ0v) is 14.3. The van der Waals surface area contributed by atoms with E-state index in [-0.39, 0.29) is 17.9 Å². The normalized spacial score (nSPS) is 17.4. The number of ether oxygens (including phenoxy) is 2. The van der Waals surface area contributed by atoms with Crippen molar-refractivity contribution in [3.05, 3.63) is 57.8 Å². The number of carbonyl (C=O) groups excluding carboxylic acids is 1. The Bertz CT molecular complexity index is 818. The van der Waals surface area contributed by atoms with E-state index in [0.29, 0.717) is 37.0 Å². The Morgan fingerprint density at radius 3 is 3.00 bits per heavy atom. The molecule has 2 heterocycles. The smallest absolute Gasteiger partial charge is 0.251 e. The van der Waals surface area contributed by atoms with Gasteiger partial charge in [0.1, 0.15) is 17.7 Å². The van der Waals surface area contributed by atoms with E-state index in [4.69, 9.17) is 9.47 Å². The molecule has 7 nitrogen and oxygen atoms in total. The fourth-order valence-electron chi connectivity index (χ4n) is 2.92. The highest BCUT2D eigenvalue weighted by Crippen LogP contribution is 2.22. The number of hydrogen-bond donors (Lipinski definition) is 1. The number of methoxy groups -OCH3 is 1. The number of H-pyrrole nitrogens is 1. The lowest BCUT2D eigenvalue weighted by atomic mass is 10.1. The Hall–Kier alpha value is -2.67. The molecule has 1 N–H and O–H groups in total. The predicted molar refractivity (Wildman–Crippen MR) is 91.6 cm³/mol. The molecule has 1 unspecified atom stereocenters. The number of aryl methyl sites for hydroxylation is 1. The number of para-hydroxylation sites is 1. The number of carbonyl (C=O) groups is 1. The number of nitrogens with one attached hydrogen (secondary N) is 1. The van der Waals surface area contributed by atoms with Crippen LogP contribution in [-0.4, -0.2) is 47.6 Å². The maximum absolute atomic E-state index is 12.7. The number of rotatable bonds is 4. The third-order valence-corrected chi connectivity index (χ3v) is 4.15. The molecule has 3 rings (SSSR count). The minimum Gasteiger partial charge on any atom is -0.496 e. The predicted octanol–water partition coefficient (Wildman–Crippen LogP) is 1.23. The highest BCUT2D eigenvalue weighted by atomic mass is 16.5. The van der Waals surface area contributed by atoms with Crippen molar-refractivity contribution in [2.45, 2.75) is 19.4 Å². The van der Waals surface area contributed by atoms with Crippen LogP contribution in [0.5, 0.6) is 5.75 Å². The van der Waals surface area contributed by atoms with Gasteiger partial charge in [-0.05, 0) is 13.0 Å². The average molecular weight is 343 g/mol. The Labute approximate surface area is 145 Å². The zero-order chi connectivity index (χ0) is 17.8. The lowest BCUT2D eigenvalue weighted by molar-refractivity contribution is -0.138.